The van der Waals surface area contributed by atoms with E-state index in [0.717, 1.165) is 13.7 Å². The van der Waals surface area contributed by atoms with Crippen molar-refractivity contribution in [2.24, 2.45) is 5.10 Å². The Bertz CT molecular complexity index is 1100. The Kier molecular flexibility index (Phi) is 6.83. The van der Waals surface area contributed by atoms with E-state index in [2.05, 4.69) is 26.5 Å². The molecule has 9 heteroatoms. The molecule has 1 aromatic heterocycles. The zero-order valence-corrected chi connectivity index (χ0v) is 18.7. The van der Waals surface area contributed by atoms with Gasteiger partial charge in [-0.2, -0.15) is 5.10 Å². The summed E-state index contributed by atoms with van der Waals surface area (Å²) < 4.78 is 28.2. The van der Waals surface area contributed by atoms with E-state index < -0.39 is 22.5 Å². The van der Waals surface area contributed by atoms with Crippen LogP contribution in [0.3, 0.4) is 0 Å². The molecule has 0 aliphatic heterocycles. The lowest BCUT2D eigenvalue weighted by Gasteiger charge is -2.23. The minimum Gasteiger partial charge on any atom is -0.271 e. The molecule has 2 aromatic carbocycles. The van der Waals surface area contributed by atoms with Gasteiger partial charge in [0.15, 0.2) is 0 Å². The van der Waals surface area contributed by atoms with Gasteiger partial charge in [-0.1, -0.05) is 40.2 Å². The van der Waals surface area contributed by atoms with Crippen molar-refractivity contribution in [2.75, 3.05) is 10.8 Å². The molecule has 0 atom stereocenters. The number of hydrogen-bond donors (Lipinski definition) is 1. The second-order valence-electron chi connectivity index (χ2n) is 6.01. The van der Waals surface area contributed by atoms with Gasteiger partial charge in [-0.25, -0.2) is 13.8 Å². The summed E-state index contributed by atoms with van der Waals surface area (Å²) in [5, 5.41) is 6.00. The number of carbonyl (C=O) groups excluding carboxylic acids is 1. The second-order valence-corrected chi connectivity index (χ2v) is 9.74. The maximum absolute atomic E-state index is 13.2. The van der Waals surface area contributed by atoms with E-state index in [0.29, 0.717) is 11.4 Å². The summed E-state index contributed by atoms with van der Waals surface area (Å²) in [6.45, 7) is 1.37. The van der Waals surface area contributed by atoms with Crippen LogP contribution in [-0.2, 0) is 14.8 Å². The molecule has 150 valence electrons. The maximum Gasteiger partial charge on any atom is 0.264 e. The molecule has 1 N–H and O–H groups in total. The van der Waals surface area contributed by atoms with Crippen molar-refractivity contribution in [3.63, 3.8) is 0 Å². The number of amides is 1. The van der Waals surface area contributed by atoms with E-state index in [-0.39, 0.29) is 4.90 Å². The van der Waals surface area contributed by atoms with Crippen molar-refractivity contribution >= 4 is 54.6 Å². The second kappa shape index (κ2) is 9.34. The number of nitrogens with one attached hydrogen (secondary N) is 1. The Balaban J connectivity index is 1.86. The van der Waals surface area contributed by atoms with Crippen LogP contribution in [0.5, 0.6) is 0 Å². The Morgan fingerprint density at radius 3 is 2.38 bits per heavy atom. The molecule has 0 aliphatic carbocycles. The van der Waals surface area contributed by atoms with Crippen molar-refractivity contribution in [1.82, 2.24) is 5.43 Å². The van der Waals surface area contributed by atoms with Gasteiger partial charge in [-0.3, -0.25) is 9.10 Å². The first-order chi connectivity index (χ1) is 13.9. The van der Waals surface area contributed by atoms with Crippen LogP contribution in [0.1, 0.15) is 11.8 Å². The minimum atomic E-state index is -3.93. The van der Waals surface area contributed by atoms with Gasteiger partial charge >= 0.3 is 0 Å². The molecule has 0 fully saturated rings. The van der Waals surface area contributed by atoms with Crippen molar-refractivity contribution in [3.8, 4) is 0 Å². The molecular weight excluding hydrogens is 474 g/mol. The first-order valence-corrected chi connectivity index (χ1v) is 11.7. The highest BCUT2D eigenvalue weighted by Gasteiger charge is 2.27. The first-order valence-electron chi connectivity index (χ1n) is 8.58. The minimum absolute atomic E-state index is 0.106. The number of carbonyl (C=O) groups is 1. The van der Waals surface area contributed by atoms with E-state index in [9.17, 15) is 13.2 Å². The quantitative estimate of drug-likeness (QED) is 0.396. The highest BCUT2D eigenvalue weighted by atomic mass is 79.9. The summed E-state index contributed by atoms with van der Waals surface area (Å²) in [5.41, 5.74) is 3.47. The molecule has 1 amide bonds. The summed E-state index contributed by atoms with van der Waals surface area (Å²) in [7, 11) is -3.93. The summed E-state index contributed by atoms with van der Waals surface area (Å²) >= 11 is 4.84. The molecule has 0 radical (unpaired) electrons. The Morgan fingerprint density at radius 1 is 1.07 bits per heavy atom. The van der Waals surface area contributed by atoms with Crippen LogP contribution < -0.4 is 9.73 Å². The molecule has 3 rings (SSSR count). The summed E-state index contributed by atoms with van der Waals surface area (Å²) in [4.78, 5) is 13.5. The largest absolute Gasteiger partial charge is 0.271 e. The van der Waals surface area contributed by atoms with Crippen LogP contribution in [0, 0.1) is 0 Å². The summed E-state index contributed by atoms with van der Waals surface area (Å²) in [6, 6.07) is 18.5. The number of benzene rings is 2. The number of rotatable bonds is 7. The molecule has 6 nitrogen and oxygen atoms in total. The van der Waals surface area contributed by atoms with Gasteiger partial charge in [-0.05, 0) is 54.8 Å². The maximum atomic E-state index is 13.2. The van der Waals surface area contributed by atoms with E-state index in [1.165, 1.54) is 23.5 Å². The van der Waals surface area contributed by atoms with Crippen molar-refractivity contribution in [2.45, 2.75) is 11.8 Å². The van der Waals surface area contributed by atoms with Crippen LogP contribution in [-0.4, -0.2) is 26.6 Å². The standard InChI is InChI=1S/C20H18BrN3O3S2/c1-15(19-8-5-13-28-19)22-23-20(25)14-24(17-11-9-16(21)10-12-17)29(26,27)18-6-3-2-4-7-18/h2-13H,14H2,1H3,(H,23,25)/b22-15+. The van der Waals surface area contributed by atoms with Crippen molar-refractivity contribution < 1.29 is 13.2 Å². The lowest BCUT2D eigenvalue weighted by atomic mass is 10.3. The van der Waals surface area contributed by atoms with Crippen LogP contribution in [0.2, 0.25) is 0 Å². The molecule has 0 aliphatic rings. The lowest BCUT2D eigenvalue weighted by molar-refractivity contribution is -0.119. The molecular formula is C20H18BrN3O3S2. The third-order valence-corrected chi connectivity index (χ3v) is 7.25. The van der Waals surface area contributed by atoms with Crippen LogP contribution in [0.15, 0.2) is 86.6 Å². The molecule has 29 heavy (non-hydrogen) atoms. The summed E-state index contributed by atoms with van der Waals surface area (Å²) in [6.07, 6.45) is 0. The molecule has 0 bridgehead atoms. The van der Waals surface area contributed by atoms with E-state index in [1.54, 1.807) is 49.4 Å². The van der Waals surface area contributed by atoms with E-state index in [4.69, 9.17) is 0 Å². The van der Waals surface area contributed by atoms with Gasteiger partial charge in [0.1, 0.15) is 6.54 Å². The number of anilines is 1. The number of sulfonamides is 1. The topological polar surface area (TPSA) is 78.8 Å². The smallest absolute Gasteiger partial charge is 0.264 e. The molecule has 0 spiro atoms. The van der Waals surface area contributed by atoms with E-state index >= 15 is 0 Å². The number of nitrogens with zero attached hydrogens (tertiary/aromatic N) is 2. The van der Waals surface area contributed by atoms with Crippen LogP contribution in [0.25, 0.3) is 0 Å². The third kappa shape index (κ3) is 5.31. The van der Waals surface area contributed by atoms with Gasteiger partial charge in [0.2, 0.25) is 0 Å². The fourth-order valence-corrected chi connectivity index (χ4v) is 4.88. The number of hydrazone groups is 1. The average Bonchev–Trinajstić information content (AvgIpc) is 3.26. The number of hydrogen-bond acceptors (Lipinski definition) is 5. The van der Waals surface area contributed by atoms with Crippen LogP contribution >= 0.6 is 27.3 Å². The fraction of sp³-hybridized carbons (Fsp3) is 0.100. The molecule has 0 unspecified atom stereocenters. The Labute approximate surface area is 182 Å². The highest BCUT2D eigenvalue weighted by molar-refractivity contribution is 9.10. The Hall–Kier alpha value is -2.49. The molecule has 3 aromatic rings. The van der Waals surface area contributed by atoms with E-state index in [1.807, 2.05) is 17.5 Å². The molecule has 0 saturated heterocycles. The van der Waals surface area contributed by atoms with Gasteiger partial charge < -0.3 is 0 Å². The number of halogens is 1. The number of thiophene rings is 1. The van der Waals surface area contributed by atoms with Crippen molar-refractivity contribution in [1.29, 1.82) is 0 Å². The lowest BCUT2D eigenvalue weighted by Crippen LogP contribution is -2.39. The zero-order chi connectivity index (χ0) is 20.9. The summed E-state index contributed by atoms with van der Waals surface area (Å²) in [5.74, 6) is -0.539. The zero-order valence-electron chi connectivity index (χ0n) is 15.4. The monoisotopic (exact) mass is 491 g/mol. The van der Waals surface area contributed by atoms with Gasteiger partial charge in [0, 0.05) is 9.35 Å². The first kappa shape index (κ1) is 21.2. The predicted octanol–water partition coefficient (Wildman–Crippen LogP) is 4.25. The normalized spacial score (nSPS) is 11.9. The average molecular weight is 492 g/mol. The fourth-order valence-electron chi connectivity index (χ4n) is 2.49. The highest BCUT2D eigenvalue weighted by Crippen LogP contribution is 2.25. The third-order valence-electron chi connectivity index (χ3n) is 3.96. The predicted molar refractivity (Wildman–Crippen MR) is 120 cm³/mol. The van der Waals surface area contributed by atoms with Crippen molar-refractivity contribution in [3.05, 3.63) is 81.5 Å². The SMILES string of the molecule is C/C(=N\NC(=O)CN(c1ccc(Br)cc1)S(=O)(=O)c1ccccc1)c1cccs1. The van der Waals surface area contributed by atoms with Gasteiger partial charge in [0.25, 0.3) is 15.9 Å². The Morgan fingerprint density at radius 2 is 1.76 bits per heavy atom. The molecule has 1 heterocycles. The van der Waals surface area contributed by atoms with Crippen LogP contribution in [0.4, 0.5) is 5.69 Å². The molecule has 0 saturated carbocycles. The van der Waals surface area contributed by atoms with Gasteiger partial charge in [-0.15, -0.1) is 11.3 Å². The van der Waals surface area contributed by atoms with Gasteiger partial charge in [0.05, 0.1) is 16.3 Å².